The van der Waals surface area contributed by atoms with Gasteiger partial charge in [-0.2, -0.15) is 13.2 Å². The van der Waals surface area contributed by atoms with Gasteiger partial charge in [-0.3, -0.25) is 0 Å². The van der Waals surface area contributed by atoms with Crippen molar-refractivity contribution in [2.75, 3.05) is 7.11 Å². The summed E-state index contributed by atoms with van der Waals surface area (Å²) in [6.45, 7) is 0. The van der Waals surface area contributed by atoms with Gasteiger partial charge >= 0.3 is 6.18 Å². The van der Waals surface area contributed by atoms with Gasteiger partial charge < -0.3 is 9.84 Å². The fraction of sp³-hybridized carbons (Fsp3) is 0.231. The highest BCUT2D eigenvalue weighted by atomic mass is 32.1. The molecule has 1 heterocycles. The fourth-order valence-corrected chi connectivity index (χ4v) is 2.71. The highest BCUT2D eigenvalue weighted by molar-refractivity contribution is 7.10. The first kappa shape index (κ1) is 13.9. The number of ether oxygens (including phenoxy) is 1. The zero-order chi connectivity index (χ0) is 14.1. The van der Waals surface area contributed by atoms with Crippen LogP contribution in [0.25, 0.3) is 0 Å². The molecule has 0 amide bonds. The van der Waals surface area contributed by atoms with Gasteiger partial charge in [-0.1, -0.05) is 24.3 Å². The van der Waals surface area contributed by atoms with Crippen LogP contribution in [-0.4, -0.2) is 18.4 Å². The molecule has 1 unspecified atom stereocenters. The number of thiophene rings is 1. The molecule has 0 saturated carbocycles. The SMILES string of the molecule is COc1ccccc1C(O)(c1cccs1)C(F)(F)F. The largest absolute Gasteiger partial charge is 0.496 e. The Balaban J connectivity index is 2.69. The minimum atomic E-state index is -4.84. The van der Waals surface area contributed by atoms with Crippen molar-refractivity contribution in [1.29, 1.82) is 0 Å². The van der Waals surface area contributed by atoms with E-state index in [9.17, 15) is 18.3 Å². The highest BCUT2D eigenvalue weighted by Gasteiger charge is 2.58. The molecule has 6 heteroatoms. The first-order valence-electron chi connectivity index (χ1n) is 5.38. The molecule has 1 aromatic carbocycles. The Morgan fingerprint density at radius 3 is 2.32 bits per heavy atom. The third kappa shape index (κ3) is 2.21. The molecule has 1 aromatic heterocycles. The van der Waals surface area contributed by atoms with E-state index in [1.165, 1.54) is 42.8 Å². The van der Waals surface area contributed by atoms with Crippen molar-refractivity contribution in [2.45, 2.75) is 11.8 Å². The zero-order valence-electron chi connectivity index (χ0n) is 9.94. The van der Waals surface area contributed by atoms with E-state index in [4.69, 9.17) is 4.74 Å². The van der Waals surface area contributed by atoms with Crippen LogP contribution in [0.5, 0.6) is 5.75 Å². The molecule has 0 aliphatic rings. The number of benzene rings is 1. The van der Waals surface area contributed by atoms with Crippen LogP contribution in [0.2, 0.25) is 0 Å². The Morgan fingerprint density at radius 2 is 1.79 bits per heavy atom. The summed E-state index contributed by atoms with van der Waals surface area (Å²) in [5, 5.41) is 11.8. The maximum Gasteiger partial charge on any atom is 0.426 e. The molecule has 0 saturated heterocycles. The first-order valence-corrected chi connectivity index (χ1v) is 6.26. The van der Waals surface area contributed by atoms with Gasteiger partial charge in [-0.05, 0) is 17.5 Å². The van der Waals surface area contributed by atoms with Crippen molar-refractivity contribution >= 4 is 11.3 Å². The third-order valence-corrected chi connectivity index (χ3v) is 3.76. The monoisotopic (exact) mass is 288 g/mol. The van der Waals surface area contributed by atoms with Crippen LogP contribution < -0.4 is 4.74 Å². The molecule has 2 rings (SSSR count). The van der Waals surface area contributed by atoms with Crippen LogP contribution >= 0.6 is 11.3 Å². The second-order valence-corrected chi connectivity index (χ2v) is 4.83. The van der Waals surface area contributed by atoms with Crippen LogP contribution in [0.4, 0.5) is 13.2 Å². The van der Waals surface area contributed by atoms with E-state index in [0.717, 1.165) is 11.3 Å². The Labute approximate surface area is 112 Å². The second-order valence-electron chi connectivity index (χ2n) is 3.89. The maximum absolute atomic E-state index is 13.4. The summed E-state index contributed by atoms with van der Waals surface area (Å²) in [5.74, 6) is -0.00396. The molecule has 2 aromatic rings. The number of hydrogen-bond donors (Lipinski definition) is 1. The van der Waals surface area contributed by atoms with Crippen molar-refractivity contribution in [1.82, 2.24) is 0 Å². The molecule has 0 fully saturated rings. The molecular weight excluding hydrogens is 277 g/mol. The molecule has 0 radical (unpaired) electrons. The molecular formula is C13H11F3O2S. The summed E-state index contributed by atoms with van der Waals surface area (Å²) in [6, 6.07) is 8.30. The number of halogens is 3. The van der Waals surface area contributed by atoms with E-state index < -0.39 is 11.8 Å². The number of alkyl halides is 3. The molecule has 0 bridgehead atoms. The van der Waals surface area contributed by atoms with E-state index in [2.05, 4.69) is 0 Å². The molecule has 0 aliphatic carbocycles. The van der Waals surface area contributed by atoms with Crippen LogP contribution in [0.3, 0.4) is 0 Å². The van der Waals surface area contributed by atoms with Crippen molar-refractivity contribution in [2.24, 2.45) is 0 Å². The van der Waals surface area contributed by atoms with Gasteiger partial charge in [0, 0.05) is 5.56 Å². The predicted octanol–water partition coefficient (Wildman–Crippen LogP) is 3.55. The summed E-state index contributed by atoms with van der Waals surface area (Å²) in [6.07, 6.45) is -4.84. The molecule has 102 valence electrons. The fourth-order valence-electron chi connectivity index (χ4n) is 1.85. The minimum Gasteiger partial charge on any atom is -0.496 e. The number of para-hydroxylation sites is 1. The van der Waals surface area contributed by atoms with E-state index in [1.54, 1.807) is 6.07 Å². The number of methoxy groups -OCH3 is 1. The van der Waals surface area contributed by atoms with Crippen molar-refractivity contribution in [3.63, 3.8) is 0 Å². The minimum absolute atomic E-state index is 0.00396. The maximum atomic E-state index is 13.4. The van der Waals surface area contributed by atoms with Gasteiger partial charge in [0.05, 0.1) is 12.0 Å². The van der Waals surface area contributed by atoms with Crippen molar-refractivity contribution < 1.29 is 23.0 Å². The normalized spacial score (nSPS) is 15.0. The van der Waals surface area contributed by atoms with Crippen LogP contribution in [0.15, 0.2) is 41.8 Å². The Morgan fingerprint density at radius 1 is 1.11 bits per heavy atom. The van der Waals surface area contributed by atoms with Gasteiger partial charge in [-0.15, -0.1) is 11.3 Å². The Kier molecular flexibility index (Phi) is 3.56. The molecule has 1 N–H and O–H groups in total. The number of hydrogen-bond acceptors (Lipinski definition) is 3. The third-order valence-electron chi connectivity index (χ3n) is 2.78. The van der Waals surface area contributed by atoms with Gasteiger partial charge in [0.2, 0.25) is 5.60 Å². The van der Waals surface area contributed by atoms with Crippen molar-refractivity contribution in [3.8, 4) is 5.75 Å². The summed E-state index contributed by atoms with van der Waals surface area (Å²) >= 11 is 0.845. The summed E-state index contributed by atoms with van der Waals surface area (Å²) in [5.41, 5.74) is -3.37. The lowest BCUT2D eigenvalue weighted by Crippen LogP contribution is -2.42. The number of aliphatic hydroxyl groups is 1. The summed E-state index contributed by atoms with van der Waals surface area (Å²) < 4.78 is 45.0. The molecule has 19 heavy (non-hydrogen) atoms. The molecule has 0 spiro atoms. The standard InChI is InChI=1S/C13H11F3O2S/c1-18-10-6-3-2-5-9(10)12(17,13(14,15)16)11-7-4-8-19-11/h2-8,17H,1H3. The lowest BCUT2D eigenvalue weighted by Gasteiger charge is -2.31. The van der Waals surface area contributed by atoms with Crippen LogP contribution in [0, 0.1) is 0 Å². The average molecular weight is 288 g/mol. The summed E-state index contributed by atoms with van der Waals surface area (Å²) in [4.78, 5) is -0.190. The van der Waals surface area contributed by atoms with E-state index in [1.807, 2.05) is 0 Å². The Hall–Kier alpha value is -1.53. The highest BCUT2D eigenvalue weighted by Crippen LogP contribution is 2.48. The van der Waals surface area contributed by atoms with E-state index in [-0.39, 0.29) is 16.2 Å². The second kappa shape index (κ2) is 4.86. The summed E-state index contributed by atoms with van der Waals surface area (Å²) in [7, 11) is 1.27. The average Bonchev–Trinajstić information content (AvgIpc) is 2.90. The van der Waals surface area contributed by atoms with E-state index in [0.29, 0.717) is 0 Å². The molecule has 1 atom stereocenters. The first-order chi connectivity index (χ1) is 8.91. The quantitative estimate of drug-likeness (QED) is 0.936. The van der Waals surface area contributed by atoms with Crippen LogP contribution in [-0.2, 0) is 5.60 Å². The Bertz CT molecular complexity index is 551. The number of rotatable bonds is 3. The smallest absolute Gasteiger partial charge is 0.426 e. The van der Waals surface area contributed by atoms with Gasteiger partial charge in [0.25, 0.3) is 0 Å². The molecule has 2 nitrogen and oxygen atoms in total. The lowest BCUT2D eigenvalue weighted by atomic mass is 9.90. The lowest BCUT2D eigenvalue weighted by molar-refractivity contribution is -0.247. The topological polar surface area (TPSA) is 29.5 Å². The van der Waals surface area contributed by atoms with Gasteiger partial charge in [0.1, 0.15) is 5.75 Å². The van der Waals surface area contributed by atoms with Gasteiger partial charge in [-0.25, -0.2) is 0 Å². The molecule has 0 aliphatic heterocycles. The predicted molar refractivity (Wildman–Crippen MR) is 66.4 cm³/mol. The van der Waals surface area contributed by atoms with Crippen LogP contribution in [0.1, 0.15) is 10.4 Å². The van der Waals surface area contributed by atoms with E-state index >= 15 is 0 Å². The van der Waals surface area contributed by atoms with Crippen molar-refractivity contribution in [3.05, 3.63) is 52.2 Å². The zero-order valence-corrected chi connectivity index (χ0v) is 10.8. The van der Waals surface area contributed by atoms with Gasteiger partial charge in [0.15, 0.2) is 0 Å².